The van der Waals surface area contributed by atoms with E-state index in [-0.39, 0.29) is 18.9 Å². The molecule has 5 heteroatoms. The predicted molar refractivity (Wildman–Crippen MR) is 68.0 cm³/mol. The highest BCUT2D eigenvalue weighted by atomic mass is 16.4. The van der Waals surface area contributed by atoms with Crippen molar-refractivity contribution in [3.05, 3.63) is 35.9 Å². The van der Waals surface area contributed by atoms with Crippen molar-refractivity contribution in [1.82, 2.24) is 10.6 Å². The Labute approximate surface area is 106 Å². The topological polar surface area (TPSA) is 78.4 Å². The SMILES string of the molecule is O=C(O)CCCNCC(=O)NCc1ccccc1. The van der Waals surface area contributed by atoms with Gasteiger partial charge in [-0.25, -0.2) is 0 Å². The van der Waals surface area contributed by atoms with Crippen molar-refractivity contribution in [2.75, 3.05) is 13.1 Å². The highest BCUT2D eigenvalue weighted by Crippen LogP contribution is 1.96. The summed E-state index contributed by atoms with van der Waals surface area (Å²) in [6, 6.07) is 9.66. The molecule has 0 fully saturated rings. The van der Waals surface area contributed by atoms with Crippen LogP contribution in [0.15, 0.2) is 30.3 Å². The Morgan fingerprint density at radius 3 is 2.56 bits per heavy atom. The fraction of sp³-hybridized carbons (Fsp3) is 0.385. The lowest BCUT2D eigenvalue weighted by molar-refractivity contribution is -0.137. The molecule has 0 atom stereocenters. The van der Waals surface area contributed by atoms with E-state index in [0.717, 1.165) is 5.56 Å². The molecule has 0 saturated heterocycles. The molecule has 3 N–H and O–H groups in total. The van der Waals surface area contributed by atoms with Gasteiger partial charge in [0, 0.05) is 13.0 Å². The van der Waals surface area contributed by atoms with Gasteiger partial charge in [0.1, 0.15) is 0 Å². The highest BCUT2D eigenvalue weighted by molar-refractivity contribution is 5.77. The Morgan fingerprint density at radius 1 is 1.17 bits per heavy atom. The average Bonchev–Trinajstić information content (AvgIpc) is 2.37. The average molecular weight is 250 g/mol. The number of carbonyl (C=O) groups excluding carboxylic acids is 1. The Balaban J connectivity index is 2.06. The van der Waals surface area contributed by atoms with Gasteiger partial charge in [0.2, 0.25) is 5.91 Å². The zero-order valence-electron chi connectivity index (χ0n) is 10.2. The second kappa shape index (κ2) is 8.25. The van der Waals surface area contributed by atoms with Crippen LogP contribution in [-0.2, 0) is 16.1 Å². The number of nitrogens with one attached hydrogen (secondary N) is 2. The molecule has 0 saturated carbocycles. The van der Waals surface area contributed by atoms with Crippen LogP contribution in [-0.4, -0.2) is 30.1 Å². The van der Waals surface area contributed by atoms with Gasteiger partial charge >= 0.3 is 5.97 Å². The fourth-order valence-corrected chi connectivity index (χ4v) is 1.43. The molecule has 0 bridgehead atoms. The zero-order chi connectivity index (χ0) is 13.2. The monoisotopic (exact) mass is 250 g/mol. The third-order valence-corrected chi connectivity index (χ3v) is 2.36. The van der Waals surface area contributed by atoms with Gasteiger partial charge in [-0.2, -0.15) is 0 Å². The maximum atomic E-state index is 11.4. The number of hydrogen-bond acceptors (Lipinski definition) is 3. The summed E-state index contributed by atoms with van der Waals surface area (Å²) in [4.78, 5) is 21.7. The van der Waals surface area contributed by atoms with Crippen LogP contribution in [0.5, 0.6) is 0 Å². The van der Waals surface area contributed by atoms with Gasteiger partial charge in [0.25, 0.3) is 0 Å². The standard InChI is InChI=1S/C13H18N2O3/c16-12(10-14-8-4-7-13(17)18)15-9-11-5-2-1-3-6-11/h1-3,5-6,14H,4,7-10H2,(H,15,16)(H,17,18). The minimum atomic E-state index is -0.815. The van der Waals surface area contributed by atoms with E-state index in [1.165, 1.54) is 0 Å². The molecule has 1 amide bonds. The Morgan fingerprint density at radius 2 is 1.89 bits per heavy atom. The van der Waals surface area contributed by atoms with E-state index in [9.17, 15) is 9.59 Å². The number of amides is 1. The zero-order valence-corrected chi connectivity index (χ0v) is 10.2. The summed E-state index contributed by atoms with van der Waals surface area (Å²) in [5, 5.41) is 14.1. The molecular formula is C13H18N2O3. The summed E-state index contributed by atoms with van der Waals surface area (Å²) in [5.74, 6) is -0.903. The Kier molecular flexibility index (Phi) is 6.50. The van der Waals surface area contributed by atoms with E-state index in [0.29, 0.717) is 19.5 Å². The first-order valence-electron chi connectivity index (χ1n) is 5.91. The molecule has 0 aromatic heterocycles. The van der Waals surface area contributed by atoms with Crippen LogP contribution in [0.3, 0.4) is 0 Å². The van der Waals surface area contributed by atoms with Crippen molar-refractivity contribution in [2.24, 2.45) is 0 Å². The lowest BCUT2D eigenvalue weighted by atomic mass is 10.2. The van der Waals surface area contributed by atoms with Crippen molar-refractivity contribution in [1.29, 1.82) is 0 Å². The second-order valence-electron chi connectivity index (χ2n) is 3.94. The van der Waals surface area contributed by atoms with Crippen LogP contribution in [0.2, 0.25) is 0 Å². The van der Waals surface area contributed by atoms with Gasteiger partial charge < -0.3 is 15.7 Å². The molecule has 0 heterocycles. The Bertz CT molecular complexity index is 379. The summed E-state index contributed by atoms with van der Waals surface area (Å²) in [6.07, 6.45) is 0.653. The van der Waals surface area contributed by atoms with Crippen LogP contribution in [0.4, 0.5) is 0 Å². The molecule has 18 heavy (non-hydrogen) atoms. The van der Waals surface area contributed by atoms with Gasteiger partial charge in [-0.1, -0.05) is 30.3 Å². The second-order valence-corrected chi connectivity index (χ2v) is 3.94. The van der Waals surface area contributed by atoms with Gasteiger partial charge in [-0.15, -0.1) is 0 Å². The van der Waals surface area contributed by atoms with Crippen molar-refractivity contribution < 1.29 is 14.7 Å². The molecule has 0 unspecified atom stereocenters. The molecule has 1 rings (SSSR count). The van der Waals surface area contributed by atoms with Crippen molar-refractivity contribution in [2.45, 2.75) is 19.4 Å². The maximum absolute atomic E-state index is 11.4. The third kappa shape index (κ3) is 6.65. The van der Waals surface area contributed by atoms with Crippen LogP contribution >= 0.6 is 0 Å². The first kappa shape index (κ1) is 14.2. The number of aliphatic carboxylic acids is 1. The van der Waals surface area contributed by atoms with Crippen LogP contribution in [0.25, 0.3) is 0 Å². The number of carbonyl (C=O) groups is 2. The van der Waals surface area contributed by atoms with Gasteiger partial charge in [-0.3, -0.25) is 9.59 Å². The highest BCUT2D eigenvalue weighted by Gasteiger charge is 2.01. The van der Waals surface area contributed by atoms with Crippen LogP contribution in [0.1, 0.15) is 18.4 Å². The van der Waals surface area contributed by atoms with Crippen molar-refractivity contribution >= 4 is 11.9 Å². The maximum Gasteiger partial charge on any atom is 0.303 e. The van der Waals surface area contributed by atoms with Gasteiger partial charge in [-0.05, 0) is 18.5 Å². The number of rotatable bonds is 8. The summed E-state index contributed by atoms with van der Waals surface area (Å²) < 4.78 is 0. The molecule has 0 aliphatic rings. The lowest BCUT2D eigenvalue weighted by Gasteiger charge is -2.06. The smallest absolute Gasteiger partial charge is 0.303 e. The van der Waals surface area contributed by atoms with Crippen molar-refractivity contribution in [3.8, 4) is 0 Å². The first-order valence-corrected chi connectivity index (χ1v) is 5.91. The number of benzene rings is 1. The molecule has 1 aromatic rings. The molecule has 0 radical (unpaired) electrons. The lowest BCUT2D eigenvalue weighted by Crippen LogP contribution is -2.34. The minimum absolute atomic E-state index is 0.0887. The molecule has 98 valence electrons. The number of carboxylic acids is 1. The van der Waals surface area contributed by atoms with Crippen LogP contribution in [0, 0.1) is 0 Å². The summed E-state index contributed by atoms with van der Waals surface area (Å²) >= 11 is 0. The van der Waals surface area contributed by atoms with E-state index in [4.69, 9.17) is 5.11 Å². The van der Waals surface area contributed by atoms with E-state index < -0.39 is 5.97 Å². The largest absolute Gasteiger partial charge is 0.481 e. The molecule has 0 aliphatic carbocycles. The normalized spacial score (nSPS) is 10.0. The first-order chi connectivity index (χ1) is 8.68. The third-order valence-electron chi connectivity index (χ3n) is 2.36. The number of carboxylic acid groups (broad SMARTS) is 1. The summed E-state index contributed by atoms with van der Waals surface area (Å²) in [6.45, 7) is 1.26. The van der Waals surface area contributed by atoms with E-state index in [1.54, 1.807) is 0 Å². The quantitative estimate of drug-likeness (QED) is 0.595. The molecule has 0 spiro atoms. The van der Waals surface area contributed by atoms with E-state index in [2.05, 4.69) is 10.6 Å². The van der Waals surface area contributed by atoms with Gasteiger partial charge in [0.15, 0.2) is 0 Å². The van der Waals surface area contributed by atoms with E-state index in [1.807, 2.05) is 30.3 Å². The Hall–Kier alpha value is -1.88. The van der Waals surface area contributed by atoms with Crippen LogP contribution < -0.4 is 10.6 Å². The summed E-state index contributed by atoms with van der Waals surface area (Å²) in [7, 11) is 0. The minimum Gasteiger partial charge on any atom is -0.481 e. The molecule has 1 aromatic carbocycles. The van der Waals surface area contributed by atoms with Gasteiger partial charge in [0.05, 0.1) is 6.54 Å². The number of hydrogen-bond donors (Lipinski definition) is 3. The molecular weight excluding hydrogens is 232 g/mol. The fourth-order valence-electron chi connectivity index (χ4n) is 1.43. The van der Waals surface area contributed by atoms with E-state index >= 15 is 0 Å². The molecule has 5 nitrogen and oxygen atoms in total. The summed E-state index contributed by atoms with van der Waals surface area (Å²) in [5.41, 5.74) is 1.05. The van der Waals surface area contributed by atoms with Crippen molar-refractivity contribution in [3.63, 3.8) is 0 Å². The predicted octanol–water partition coefficient (Wildman–Crippen LogP) is 0.757. The molecule has 0 aliphatic heterocycles.